The fourth-order valence-electron chi connectivity index (χ4n) is 0.724. The lowest BCUT2D eigenvalue weighted by Gasteiger charge is -2.15. The second kappa shape index (κ2) is 3.27. The Bertz CT molecular complexity index is 163. The molecule has 0 saturated heterocycles. The van der Waals surface area contributed by atoms with E-state index < -0.39 is 0 Å². The summed E-state index contributed by atoms with van der Waals surface area (Å²) in [6.45, 7) is 0. The van der Waals surface area contributed by atoms with Gasteiger partial charge in [-0.2, -0.15) is 0 Å². The van der Waals surface area contributed by atoms with Crippen molar-refractivity contribution >= 4 is 0 Å². The van der Waals surface area contributed by atoms with Crippen LogP contribution in [0, 0.1) is 0 Å². The third-order valence-electron chi connectivity index (χ3n) is 1.31. The molecule has 0 saturated carbocycles. The fraction of sp³-hybridized carbons (Fsp3) is 0.429. The minimum atomic E-state index is -0.0149. The Balaban J connectivity index is 2.46. The van der Waals surface area contributed by atoms with Gasteiger partial charge in [-0.15, -0.1) is 0 Å². The van der Waals surface area contributed by atoms with Crippen molar-refractivity contribution in [3.05, 3.63) is 24.1 Å². The van der Waals surface area contributed by atoms with Crippen molar-refractivity contribution in [3.8, 4) is 0 Å². The van der Waals surface area contributed by atoms with Gasteiger partial charge in [-0.25, -0.2) is 0 Å². The van der Waals surface area contributed by atoms with E-state index in [0.717, 1.165) is 5.76 Å². The first kappa shape index (κ1) is 7.15. The molecular formula is C7H11NO2. The van der Waals surface area contributed by atoms with Crippen molar-refractivity contribution in [2.45, 2.75) is 6.23 Å². The van der Waals surface area contributed by atoms with Crippen molar-refractivity contribution < 1.29 is 9.47 Å². The lowest BCUT2D eigenvalue weighted by molar-refractivity contribution is 0.120. The van der Waals surface area contributed by atoms with E-state index in [4.69, 9.17) is 9.47 Å². The summed E-state index contributed by atoms with van der Waals surface area (Å²) in [5, 5.41) is 2.97. The first-order valence-electron chi connectivity index (χ1n) is 3.08. The molecule has 0 aliphatic carbocycles. The number of dihydropyridines is 1. The number of ether oxygens (including phenoxy) is 2. The van der Waals surface area contributed by atoms with E-state index in [1.807, 2.05) is 12.2 Å². The molecule has 56 valence electrons. The normalized spacial score (nSPS) is 23.4. The molecule has 0 aromatic rings. The van der Waals surface area contributed by atoms with E-state index in [1.54, 1.807) is 20.4 Å². The smallest absolute Gasteiger partial charge is 0.146 e. The highest BCUT2D eigenvalue weighted by Crippen LogP contribution is 2.03. The summed E-state index contributed by atoms with van der Waals surface area (Å²) in [7, 11) is 3.28. The summed E-state index contributed by atoms with van der Waals surface area (Å²) in [6, 6.07) is 0. The third-order valence-corrected chi connectivity index (χ3v) is 1.31. The molecule has 0 fully saturated rings. The Kier molecular flexibility index (Phi) is 2.34. The first-order chi connectivity index (χ1) is 4.86. The molecule has 0 radical (unpaired) electrons. The van der Waals surface area contributed by atoms with Gasteiger partial charge in [0.1, 0.15) is 12.0 Å². The van der Waals surface area contributed by atoms with Crippen molar-refractivity contribution in [3.63, 3.8) is 0 Å². The van der Waals surface area contributed by atoms with Crippen LogP contribution in [0.15, 0.2) is 24.1 Å². The molecular weight excluding hydrogens is 130 g/mol. The molecule has 0 aromatic heterocycles. The highest BCUT2D eigenvalue weighted by Gasteiger charge is 2.03. The van der Waals surface area contributed by atoms with Crippen molar-refractivity contribution in [1.82, 2.24) is 5.32 Å². The number of hydrogen-bond acceptors (Lipinski definition) is 3. The van der Waals surface area contributed by atoms with Crippen LogP contribution < -0.4 is 5.32 Å². The second-order valence-corrected chi connectivity index (χ2v) is 1.93. The predicted octanol–water partition coefficient (Wildman–Crippen LogP) is 0.606. The summed E-state index contributed by atoms with van der Waals surface area (Å²) < 4.78 is 9.93. The molecule has 1 rings (SSSR count). The molecule has 1 aliphatic rings. The van der Waals surface area contributed by atoms with E-state index >= 15 is 0 Å². The van der Waals surface area contributed by atoms with E-state index in [2.05, 4.69) is 5.32 Å². The van der Waals surface area contributed by atoms with Crippen LogP contribution in [0.1, 0.15) is 0 Å². The maximum Gasteiger partial charge on any atom is 0.146 e. The molecule has 1 heterocycles. The SMILES string of the molecule is COC1=CNC(OC)C=C1. The van der Waals surface area contributed by atoms with Gasteiger partial charge < -0.3 is 14.8 Å². The molecule has 10 heavy (non-hydrogen) atoms. The van der Waals surface area contributed by atoms with Crippen LogP contribution in [0.2, 0.25) is 0 Å². The van der Waals surface area contributed by atoms with E-state index in [-0.39, 0.29) is 6.23 Å². The Hall–Kier alpha value is -0.960. The van der Waals surface area contributed by atoms with Crippen molar-refractivity contribution in [2.24, 2.45) is 0 Å². The molecule has 1 atom stereocenters. The monoisotopic (exact) mass is 141 g/mol. The van der Waals surface area contributed by atoms with Gasteiger partial charge in [0.2, 0.25) is 0 Å². The van der Waals surface area contributed by atoms with Gasteiger partial charge in [0.25, 0.3) is 0 Å². The Morgan fingerprint density at radius 1 is 1.50 bits per heavy atom. The topological polar surface area (TPSA) is 30.5 Å². The lowest BCUT2D eigenvalue weighted by Crippen LogP contribution is -2.26. The zero-order valence-corrected chi connectivity index (χ0v) is 6.13. The largest absolute Gasteiger partial charge is 0.495 e. The fourth-order valence-corrected chi connectivity index (χ4v) is 0.724. The Labute approximate surface area is 60.3 Å². The molecule has 3 nitrogen and oxygen atoms in total. The highest BCUT2D eigenvalue weighted by atomic mass is 16.5. The van der Waals surface area contributed by atoms with Crippen LogP contribution in [0.25, 0.3) is 0 Å². The molecule has 3 heteroatoms. The van der Waals surface area contributed by atoms with Crippen LogP contribution in [-0.4, -0.2) is 20.4 Å². The molecule has 0 bridgehead atoms. The van der Waals surface area contributed by atoms with Gasteiger partial charge >= 0.3 is 0 Å². The van der Waals surface area contributed by atoms with Gasteiger partial charge in [-0.3, -0.25) is 0 Å². The molecule has 1 unspecified atom stereocenters. The van der Waals surface area contributed by atoms with Crippen LogP contribution in [0.3, 0.4) is 0 Å². The number of methoxy groups -OCH3 is 2. The third kappa shape index (κ3) is 1.51. The standard InChI is InChI=1S/C7H11NO2/c1-9-6-3-4-7(10-2)8-5-6/h3-5,7-8H,1-2H3. The summed E-state index contributed by atoms with van der Waals surface area (Å²) in [4.78, 5) is 0. The van der Waals surface area contributed by atoms with Crippen molar-refractivity contribution in [1.29, 1.82) is 0 Å². The van der Waals surface area contributed by atoms with E-state index in [1.165, 1.54) is 0 Å². The summed E-state index contributed by atoms with van der Waals surface area (Å²) in [5.74, 6) is 0.813. The minimum absolute atomic E-state index is 0.0149. The summed E-state index contributed by atoms with van der Waals surface area (Å²) >= 11 is 0. The van der Waals surface area contributed by atoms with Gasteiger partial charge in [0, 0.05) is 13.3 Å². The zero-order chi connectivity index (χ0) is 7.40. The first-order valence-corrected chi connectivity index (χ1v) is 3.08. The predicted molar refractivity (Wildman–Crippen MR) is 38.2 cm³/mol. The Morgan fingerprint density at radius 3 is 2.70 bits per heavy atom. The molecule has 1 aliphatic heterocycles. The van der Waals surface area contributed by atoms with Gasteiger partial charge in [0.15, 0.2) is 0 Å². The van der Waals surface area contributed by atoms with Crippen LogP contribution in [0.5, 0.6) is 0 Å². The average molecular weight is 141 g/mol. The summed E-state index contributed by atoms with van der Waals surface area (Å²) in [6.07, 6.45) is 5.51. The maximum atomic E-state index is 4.99. The highest BCUT2D eigenvalue weighted by molar-refractivity contribution is 5.17. The molecule has 0 amide bonds. The van der Waals surface area contributed by atoms with E-state index in [9.17, 15) is 0 Å². The van der Waals surface area contributed by atoms with E-state index in [0.29, 0.717) is 0 Å². The zero-order valence-electron chi connectivity index (χ0n) is 6.13. The molecule has 1 N–H and O–H groups in total. The summed E-state index contributed by atoms with van der Waals surface area (Å²) in [5.41, 5.74) is 0. The quantitative estimate of drug-likeness (QED) is 0.611. The Morgan fingerprint density at radius 2 is 2.30 bits per heavy atom. The van der Waals surface area contributed by atoms with Gasteiger partial charge in [-0.1, -0.05) is 0 Å². The molecule has 0 spiro atoms. The van der Waals surface area contributed by atoms with Crippen molar-refractivity contribution in [2.75, 3.05) is 14.2 Å². The number of allylic oxidation sites excluding steroid dienone is 1. The average Bonchev–Trinajstić information content (AvgIpc) is 2.05. The van der Waals surface area contributed by atoms with Crippen LogP contribution >= 0.6 is 0 Å². The number of hydrogen-bond donors (Lipinski definition) is 1. The number of nitrogens with one attached hydrogen (secondary N) is 1. The lowest BCUT2D eigenvalue weighted by atomic mass is 10.3. The van der Waals surface area contributed by atoms with Crippen LogP contribution in [-0.2, 0) is 9.47 Å². The van der Waals surface area contributed by atoms with Gasteiger partial charge in [0.05, 0.1) is 7.11 Å². The minimum Gasteiger partial charge on any atom is -0.495 e. The number of rotatable bonds is 2. The van der Waals surface area contributed by atoms with Crippen LogP contribution in [0.4, 0.5) is 0 Å². The molecule has 0 aromatic carbocycles. The maximum absolute atomic E-state index is 4.99. The second-order valence-electron chi connectivity index (χ2n) is 1.93. The van der Waals surface area contributed by atoms with Gasteiger partial charge in [-0.05, 0) is 12.2 Å².